The van der Waals surface area contributed by atoms with Crippen LogP contribution >= 0.6 is 0 Å². The van der Waals surface area contributed by atoms with Crippen molar-refractivity contribution in [3.8, 4) is 17.0 Å². The highest BCUT2D eigenvalue weighted by Gasteiger charge is 2.32. The van der Waals surface area contributed by atoms with Crippen molar-refractivity contribution in [2.24, 2.45) is 5.92 Å². The number of amides is 1. The summed E-state index contributed by atoms with van der Waals surface area (Å²) >= 11 is 0. The Hall–Kier alpha value is -2.34. The molecule has 1 amide bonds. The van der Waals surface area contributed by atoms with E-state index in [1.165, 1.54) is 0 Å². The number of carbonyl (C=O) groups excluding carboxylic acids is 1. The van der Waals surface area contributed by atoms with Crippen LogP contribution in [0.5, 0.6) is 5.75 Å². The minimum atomic E-state index is -0.191. The second-order valence-electron chi connectivity index (χ2n) is 5.80. The average molecular weight is 315 g/mol. The van der Waals surface area contributed by atoms with Gasteiger partial charge in [-0.25, -0.2) is 0 Å². The fourth-order valence-corrected chi connectivity index (χ4v) is 2.74. The zero-order valence-corrected chi connectivity index (χ0v) is 13.1. The number of methoxy groups -OCH3 is 1. The predicted molar refractivity (Wildman–Crippen MR) is 86.3 cm³/mol. The lowest BCUT2D eigenvalue weighted by Gasteiger charge is -2.16. The van der Waals surface area contributed by atoms with Crippen LogP contribution in [-0.4, -0.2) is 41.0 Å². The van der Waals surface area contributed by atoms with Gasteiger partial charge in [0, 0.05) is 18.2 Å². The van der Waals surface area contributed by atoms with E-state index >= 15 is 0 Å². The number of aliphatic hydroxyl groups excluding tert-OH is 1. The van der Waals surface area contributed by atoms with Gasteiger partial charge in [-0.15, -0.1) is 0 Å². The van der Waals surface area contributed by atoms with Gasteiger partial charge in [0.2, 0.25) is 0 Å². The molecular formula is C17H21N3O3. The molecule has 6 heteroatoms. The van der Waals surface area contributed by atoms with Crippen molar-refractivity contribution in [3.63, 3.8) is 0 Å². The first kappa shape index (κ1) is 15.6. The zero-order valence-electron chi connectivity index (χ0n) is 13.1. The van der Waals surface area contributed by atoms with Gasteiger partial charge in [-0.1, -0.05) is 12.1 Å². The molecule has 3 rings (SSSR count). The molecule has 2 aromatic rings. The highest BCUT2D eigenvalue weighted by Crippen LogP contribution is 2.34. The summed E-state index contributed by atoms with van der Waals surface area (Å²) in [5, 5.41) is 19.1. The Kier molecular flexibility index (Phi) is 4.62. The molecule has 1 aromatic carbocycles. The molecule has 1 heterocycles. The first-order chi connectivity index (χ1) is 11.2. The SMILES string of the molecule is COc1ccccc1-c1cc(C(=O)NC(CCO)C2CC2)[nH]n1. The molecule has 122 valence electrons. The van der Waals surface area contributed by atoms with Crippen LogP contribution in [0.3, 0.4) is 0 Å². The number of para-hydroxylation sites is 1. The summed E-state index contributed by atoms with van der Waals surface area (Å²) < 4.78 is 5.32. The molecule has 0 radical (unpaired) electrons. The fourth-order valence-electron chi connectivity index (χ4n) is 2.74. The number of nitrogens with zero attached hydrogens (tertiary/aromatic N) is 1. The van der Waals surface area contributed by atoms with E-state index in [0.29, 0.717) is 29.5 Å². The lowest BCUT2D eigenvalue weighted by Crippen LogP contribution is -2.37. The Balaban J connectivity index is 1.74. The van der Waals surface area contributed by atoms with Crippen LogP contribution in [0.1, 0.15) is 29.8 Å². The minimum absolute atomic E-state index is 0.0329. The molecular weight excluding hydrogens is 294 g/mol. The normalized spacial score (nSPS) is 15.2. The van der Waals surface area contributed by atoms with E-state index in [1.807, 2.05) is 24.3 Å². The molecule has 1 saturated carbocycles. The van der Waals surface area contributed by atoms with Crippen molar-refractivity contribution in [2.75, 3.05) is 13.7 Å². The molecule has 0 aliphatic heterocycles. The third-order valence-corrected chi connectivity index (χ3v) is 4.15. The van der Waals surface area contributed by atoms with E-state index < -0.39 is 0 Å². The van der Waals surface area contributed by atoms with E-state index in [9.17, 15) is 4.79 Å². The molecule has 0 saturated heterocycles. The number of aromatic amines is 1. The van der Waals surface area contributed by atoms with Gasteiger partial charge in [-0.2, -0.15) is 5.10 Å². The summed E-state index contributed by atoms with van der Waals surface area (Å²) in [6, 6.07) is 9.29. The van der Waals surface area contributed by atoms with Crippen molar-refractivity contribution in [1.82, 2.24) is 15.5 Å². The second-order valence-corrected chi connectivity index (χ2v) is 5.80. The summed E-state index contributed by atoms with van der Waals surface area (Å²) in [6.07, 6.45) is 2.81. The number of rotatable bonds is 7. The molecule has 23 heavy (non-hydrogen) atoms. The van der Waals surface area contributed by atoms with Gasteiger partial charge in [0.15, 0.2) is 0 Å². The molecule has 0 spiro atoms. The predicted octanol–water partition coefficient (Wildman–Crippen LogP) is 1.98. The summed E-state index contributed by atoms with van der Waals surface area (Å²) in [5.41, 5.74) is 1.91. The quantitative estimate of drug-likeness (QED) is 0.729. The Morgan fingerprint density at radius 3 is 2.96 bits per heavy atom. The van der Waals surface area contributed by atoms with Crippen molar-refractivity contribution in [3.05, 3.63) is 36.0 Å². The van der Waals surface area contributed by atoms with E-state index in [2.05, 4.69) is 15.5 Å². The summed E-state index contributed by atoms with van der Waals surface area (Å²) in [7, 11) is 1.61. The van der Waals surface area contributed by atoms with E-state index in [1.54, 1.807) is 13.2 Å². The zero-order chi connectivity index (χ0) is 16.2. The summed E-state index contributed by atoms with van der Waals surface area (Å²) in [6.45, 7) is 0.0802. The number of carbonyl (C=O) groups is 1. The van der Waals surface area contributed by atoms with Gasteiger partial charge in [-0.05, 0) is 43.4 Å². The van der Waals surface area contributed by atoms with Crippen LogP contribution in [0.15, 0.2) is 30.3 Å². The molecule has 1 atom stereocenters. The van der Waals surface area contributed by atoms with Crippen LogP contribution in [0.4, 0.5) is 0 Å². The lowest BCUT2D eigenvalue weighted by atomic mass is 10.1. The number of aromatic nitrogens is 2. The molecule has 1 aliphatic carbocycles. The number of ether oxygens (including phenoxy) is 1. The molecule has 0 bridgehead atoms. The van der Waals surface area contributed by atoms with Gasteiger partial charge in [0.25, 0.3) is 5.91 Å². The van der Waals surface area contributed by atoms with Crippen LogP contribution in [0, 0.1) is 5.92 Å². The Morgan fingerprint density at radius 2 is 2.26 bits per heavy atom. The smallest absolute Gasteiger partial charge is 0.269 e. The molecule has 1 aliphatic rings. The fraction of sp³-hybridized carbons (Fsp3) is 0.412. The van der Waals surface area contributed by atoms with Crippen molar-refractivity contribution >= 4 is 5.91 Å². The van der Waals surface area contributed by atoms with Crippen molar-refractivity contribution in [1.29, 1.82) is 0 Å². The number of aliphatic hydroxyl groups is 1. The lowest BCUT2D eigenvalue weighted by molar-refractivity contribution is 0.0919. The largest absolute Gasteiger partial charge is 0.496 e. The van der Waals surface area contributed by atoms with Crippen molar-refractivity contribution < 1.29 is 14.6 Å². The summed E-state index contributed by atoms with van der Waals surface area (Å²) in [4.78, 5) is 12.4. The van der Waals surface area contributed by atoms with E-state index in [-0.39, 0.29) is 18.6 Å². The van der Waals surface area contributed by atoms with E-state index in [0.717, 1.165) is 18.4 Å². The topological polar surface area (TPSA) is 87.2 Å². The number of H-pyrrole nitrogens is 1. The highest BCUT2D eigenvalue weighted by atomic mass is 16.5. The van der Waals surface area contributed by atoms with Gasteiger partial charge in [0.1, 0.15) is 11.4 Å². The second kappa shape index (κ2) is 6.83. The molecule has 1 fully saturated rings. The van der Waals surface area contributed by atoms with Crippen molar-refractivity contribution in [2.45, 2.75) is 25.3 Å². The third kappa shape index (κ3) is 3.53. The van der Waals surface area contributed by atoms with Gasteiger partial charge in [0.05, 0.1) is 12.8 Å². The van der Waals surface area contributed by atoms with Gasteiger partial charge in [-0.3, -0.25) is 9.89 Å². The number of hydrogen-bond acceptors (Lipinski definition) is 4. The number of benzene rings is 1. The third-order valence-electron chi connectivity index (χ3n) is 4.15. The Morgan fingerprint density at radius 1 is 1.48 bits per heavy atom. The highest BCUT2D eigenvalue weighted by molar-refractivity contribution is 5.93. The first-order valence-corrected chi connectivity index (χ1v) is 7.83. The minimum Gasteiger partial charge on any atom is -0.496 e. The maximum Gasteiger partial charge on any atom is 0.269 e. The van der Waals surface area contributed by atoms with E-state index in [4.69, 9.17) is 9.84 Å². The molecule has 1 aromatic heterocycles. The summed E-state index contributed by atoms with van der Waals surface area (Å²) in [5.74, 6) is 1.01. The van der Waals surface area contributed by atoms with Gasteiger partial charge < -0.3 is 15.2 Å². The maximum absolute atomic E-state index is 12.4. The van der Waals surface area contributed by atoms with Crippen LogP contribution in [0.25, 0.3) is 11.3 Å². The monoisotopic (exact) mass is 315 g/mol. The average Bonchev–Trinajstić information content (AvgIpc) is 3.30. The Labute approximate surface area is 134 Å². The maximum atomic E-state index is 12.4. The standard InChI is InChI=1S/C17H21N3O3/c1-23-16-5-3-2-4-12(16)14-10-15(20-19-14)17(22)18-13(8-9-21)11-6-7-11/h2-5,10-11,13,21H,6-9H2,1H3,(H,18,22)(H,19,20). The van der Waals surface area contributed by atoms with Crippen LogP contribution < -0.4 is 10.1 Å². The number of nitrogens with one attached hydrogen (secondary N) is 2. The first-order valence-electron chi connectivity index (χ1n) is 7.83. The van der Waals surface area contributed by atoms with Crippen LogP contribution in [-0.2, 0) is 0 Å². The van der Waals surface area contributed by atoms with Gasteiger partial charge >= 0.3 is 0 Å². The molecule has 3 N–H and O–H groups in total. The Bertz CT molecular complexity index is 679. The number of hydrogen-bond donors (Lipinski definition) is 3. The molecule has 1 unspecified atom stereocenters. The van der Waals surface area contributed by atoms with Crippen LogP contribution in [0.2, 0.25) is 0 Å². The molecule has 6 nitrogen and oxygen atoms in total.